The average molecular weight is 235 g/mol. The van der Waals surface area contributed by atoms with E-state index in [2.05, 4.69) is 5.32 Å². The maximum atomic E-state index is 11.5. The normalized spacial score (nSPS) is 17.4. The van der Waals surface area contributed by atoms with Crippen molar-refractivity contribution in [2.45, 2.75) is 13.0 Å². The van der Waals surface area contributed by atoms with Gasteiger partial charge in [0, 0.05) is 5.56 Å². The first kappa shape index (κ1) is 11.4. The molecule has 90 valence electrons. The molecule has 0 saturated carbocycles. The SMILES string of the molecule is CCOC(=O)C1CNc2cc(C=O)ccc2O1. The molecular weight excluding hydrogens is 222 g/mol. The number of anilines is 1. The van der Waals surface area contributed by atoms with Crippen LogP contribution in [0.25, 0.3) is 0 Å². The molecule has 0 radical (unpaired) electrons. The standard InChI is InChI=1S/C12H13NO4/c1-2-16-12(15)11-6-13-9-5-8(7-14)3-4-10(9)17-11/h3-5,7,11,13H,2,6H2,1H3. The summed E-state index contributed by atoms with van der Waals surface area (Å²) < 4.78 is 10.4. The molecule has 1 atom stereocenters. The van der Waals surface area contributed by atoms with Gasteiger partial charge in [-0.1, -0.05) is 0 Å². The number of esters is 1. The van der Waals surface area contributed by atoms with Crippen molar-refractivity contribution in [3.05, 3.63) is 23.8 Å². The number of hydrogen-bond acceptors (Lipinski definition) is 5. The topological polar surface area (TPSA) is 64.6 Å². The van der Waals surface area contributed by atoms with Crippen molar-refractivity contribution in [2.75, 3.05) is 18.5 Å². The summed E-state index contributed by atoms with van der Waals surface area (Å²) in [5.41, 5.74) is 1.28. The maximum Gasteiger partial charge on any atom is 0.349 e. The second-order valence-corrected chi connectivity index (χ2v) is 3.61. The summed E-state index contributed by atoms with van der Waals surface area (Å²) in [5, 5.41) is 3.04. The van der Waals surface area contributed by atoms with E-state index in [1.807, 2.05) is 0 Å². The van der Waals surface area contributed by atoms with Gasteiger partial charge < -0.3 is 14.8 Å². The fourth-order valence-corrected chi connectivity index (χ4v) is 1.63. The Kier molecular flexibility index (Phi) is 3.27. The minimum Gasteiger partial charge on any atom is -0.475 e. The van der Waals surface area contributed by atoms with Gasteiger partial charge in [0.25, 0.3) is 0 Å². The van der Waals surface area contributed by atoms with Crippen molar-refractivity contribution in [1.29, 1.82) is 0 Å². The Hall–Kier alpha value is -2.04. The van der Waals surface area contributed by atoms with Crippen LogP contribution in [0.1, 0.15) is 17.3 Å². The van der Waals surface area contributed by atoms with E-state index in [9.17, 15) is 9.59 Å². The third-order valence-electron chi connectivity index (χ3n) is 2.44. The first-order chi connectivity index (χ1) is 8.24. The molecule has 1 aliphatic heterocycles. The Balaban J connectivity index is 2.14. The number of benzene rings is 1. The van der Waals surface area contributed by atoms with Gasteiger partial charge in [-0.15, -0.1) is 0 Å². The number of rotatable bonds is 3. The van der Waals surface area contributed by atoms with Crippen molar-refractivity contribution >= 4 is 17.9 Å². The van der Waals surface area contributed by atoms with Crippen LogP contribution in [0.15, 0.2) is 18.2 Å². The van der Waals surface area contributed by atoms with E-state index in [4.69, 9.17) is 9.47 Å². The molecule has 1 N–H and O–H groups in total. The Morgan fingerprint density at radius 3 is 3.18 bits per heavy atom. The van der Waals surface area contributed by atoms with Crippen molar-refractivity contribution in [1.82, 2.24) is 0 Å². The summed E-state index contributed by atoms with van der Waals surface area (Å²) in [6.45, 7) is 2.42. The molecule has 0 fully saturated rings. The average Bonchev–Trinajstić information content (AvgIpc) is 2.37. The van der Waals surface area contributed by atoms with Crippen molar-refractivity contribution in [3.63, 3.8) is 0 Å². The van der Waals surface area contributed by atoms with Crippen LogP contribution in [0.3, 0.4) is 0 Å². The fraction of sp³-hybridized carbons (Fsp3) is 0.333. The second-order valence-electron chi connectivity index (χ2n) is 3.61. The zero-order valence-corrected chi connectivity index (χ0v) is 9.43. The van der Waals surface area contributed by atoms with Crippen molar-refractivity contribution < 1.29 is 19.1 Å². The molecule has 0 aliphatic carbocycles. The van der Waals surface area contributed by atoms with Crippen molar-refractivity contribution in [3.8, 4) is 5.75 Å². The van der Waals surface area contributed by atoms with Gasteiger partial charge >= 0.3 is 5.97 Å². The molecule has 0 amide bonds. The zero-order chi connectivity index (χ0) is 12.3. The van der Waals surface area contributed by atoms with E-state index < -0.39 is 6.10 Å². The smallest absolute Gasteiger partial charge is 0.349 e. The Morgan fingerprint density at radius 1 is 1.65 bits per heavy atom. The number of nitrogens with one attached hydrogen (secondary N) is 1. The second kappa shape index (κ2) is 4.86. The number of fused-ring (bicyclic) bond motifs is 1. The molecule has 1 heterocycles. The molecule has 0 saturated heterocycles. The number of ether oxygens (including phenoxy) is 2. The van der Waals surface area contributed by atoms with Crippen LogP contribution >= 0.6 is 0 Å². The molecule has 5 heteroatoms. The van der Waals surface area contributed by atoms with Gasteiger partial charge in [0.2, 0.25) is 6.10 Å². The minimum atomic E-state index is -0.635. The van der Waals surface area contributed by atoms with E-state index in [1.165, 1.54) is 0 Å². The molecule has 5 nitrogen and oxygen atoms in total. The van der Waals surface area contributed by atoms with Crippen LogP contribution < -0.4 is 10.1 Å². The number of carbonyl (C=O) groups is 2. The van der Waals surface area contributed by atoms with Crippen LogP contribution in [0.2, 0.25) is 0 Å². The zero-order valence-electron chi connectivity index (χ0n) is 9.43. The predicted octanol–water partition coefficient (Wildman–Crippen LogP) is 1.24. The Labute approximate surface area is 98.7 Å². The van der Waals surface area contributed by atoms with Crippen LogP contribution in [-0.4, -0.2) is 31.5 Å². The van der Waals surface area contributed by atoms with Crippen LogP contribution in [0, 0.1) is 0 Å². The van der Waals surface area contributed by atoms with E-state index in [0.29, 0.717) is 24.5 Å². The quantitative estimate of drug-likeness (QED) is 0.630. The molecule has 2 rings (SSSR count). The van der Waals surface area contributed by atoms with Gasteiger partial charge in [-0.25, -0.2) is 4.79 Å². The summed E-state index contributed by atoms with van der Waals surface area (Å²) in [6, 6.07) is 4.99. The number of aldehydes is 1. The lowest BCUT2D eigenvalue weighted by molar-refractivity contribution is -0.150. The fourth-order valence-electron chi connectivity index (χ4n) is 1.63. The predicted molar refractivity (Wildman–Crippen MR) is 61.4 cm³/mol. The highest BCUT2D eigenvalue weighted by molar-refractivity contribution is 5.81. The van der Waals surface area contributed by atoms with E-state index >= 15 is 0 Å². The van der Waals surface area contributed by atoms with Gasteiger partial charge in [-0.05, 0) is 25.1 Å². The molecule has 17 heavy (non-hydrogen) atoms. The third kappa shape index (κ3) is 2.38. The summed E-state index contributed by atoms with van der Waals surface area (Å²) in [7, 11) is 0. The molecular formula is C12H13NO4. The van der Waals surface area contributed by atoms with E-state index in [1.54, 1.807) is 25.1 Å². The van der Waals surface area contributed by atoms with Crippen LogP contribution in [-0.2, 0) is 9.53 Å². The molecule has 0 spiro atoms. The third-order valence-corrected chi connectivity index (χ3v) is 2.44. The number of hydrogen-bond donors (Lipinski definition) is 1. The molecule has 1 aromatic carbocycles. The molecule has 1 unspecified atom stereocenters. The molecule has 0 bridgehead atoms. The van der Waals surface area contributed by atoms with Crippen LogP contribution in [0.4, 0.5) is 5.69 Å². The van der Waals surface area contributed by atoms with Crippen molar-refractivity contribution in [2.24, 2.45) is 0 Å². The lowest BCUT2D eigenvalue weighted by Gasteiger charge is -2.25. The largest absolute Gasteiger partial charge is 0.475 e. The highest BCUT2D eigenvalue weighted by Crippen LogP contribution is 2.29. The summed E-state index contributed by atoms with van der Waals surface area (Å²) >= 11 is 0. The Morgan fingerprint density at radius 2 is 2.47 bits per heavy atom. The van der Waals surface area contributed by atoms with Gasteiger partial charge in [0.1, 0.15) is 12.0 Å². The monoisotopic (exact) mass is 235 g/mol. The lowest BCUT2D eigenvalue weighted by Crippen LogP contribution is -2.38. The van der Waals surface area contributed by atoms with E-state index in [-0.39, 0.29) is 5.97 Å². The summed E-state index contributed by atoms with van der Waals surface area (Å²) in [4.78, 5) is 22.1. The van der Waals surface area contributed by atoms with Gasteiger partial charge in [0.05, 0.1) is 18.8 Å². The van der Waals surface area contributed by atoms with Gasteiger partial charge in [-0.2, -0.15) is 0 Å². The summed E-state index contributed by atoms with van der Waals surface area (Å²) in [5.74, 6) is 0.171. The van der Waals surface area contributed by atoms with Gasteiger partial charge in [0.15, 0.2) is 0 Å². The van der Waals surface area contributed by atoms with Crippen LogP contribution in [0.5, 0.6) is 5.75 Å². The first-order valence-corrected chi connectivity index (χ1v) is 5.41. The molecule has 1 aromatic rings. The van der Waals surface area contributed by atoms with Gasteiger partial charge in [-0.3, -0.25) is 4.79 Å². The molecule has 0 aromatic heterocycles. The highest BCUT2D eigenvalue weighted by atomic mass is 16.6. The first-order valence-electron chi connectivity index (χ1n) is 5.41. The highest BCUT2D eigenvalue weighted by Gasteiger charge is 2.26. The molecule has 1 aliphatic rings. The van der Waals surface area contributed by atoms with E-state index in [0.717, 1.165) is 12.0 Å². The minimum absolute atomic E-state index is 0.329. The Bertz CT molecular complexity index is 444. The number of carbonyl (C=O) groups excluding carboxylic acids is 2. The lowest BCUT2D eigenvalue weighted by atomic mass is 10.1. The summed E-state index contributed by atoms with van der Waals surface area (Å²) in [6.07, 6.45) is 0.129. The maximum absolute atomic E-state index is 11.5.